The average Bonchev–Trinajstić information content (AvgIpc) is 3.51. The van der Waals surface area contributed by atoms with Crippen molar-refractivity contribution >= 4 is 43.1 Å². The van der Waals surface area contributed by atoms with Crippen LogP contribution in [0.15, 0.2) is 194 Å². The molecule has 1 aliphatic rings. The molecule has 0 fully saturated rings. The van der Waals surface area contributed by atoms with E-state index in [0.717, 1.165) is 43.1 Å². The lowest BCUT2D eigenvalue weighted by Crippen LogP contribution is -2.14. The Morgan fingerprint density at radius 1 is 0.271 bits per heavy atom. The van der Waals surface area contributed by atoms with Gasteiger partial charge in [-0.05, 0) is 89.6 Å². The van der Waals surface area contributed by atoms with E-state index in [1.54, 1.807) is 24.3 Å². The van der Waals surface area contributed by atoms with Crippen LogP contribution in [-0.2, 0) is 5.41 Å². The summed E-state index contributed by atoms with van der Waals surface area (Å²) in [5, 5.41) is 49.6. The summed E-state index contributed by atoms with van der Waals surface area (Å²) < 4.78 is 0. The number of hydrogen-bond donors (Lipinski definition) is 4. The topological polar surface area (TPSA) is 80.9 Å². The molecule has 0 unspecified atom stereocenters. The highest BCUT2D eigenvalue weighted by Gasteiger charge is 2.34. The van der Waals surface area contributed by atoms with Gasteiger partial charge < -0.3 is 20.4 Å². The normalized spacial score (nSPS) is 12.3. The summed E-state index contributed by atoms with van der Waals surface area (Å²) in [5.41, 5.74) is 8.56. The summed E-state index contributed by atoms with van der Waals surface area (Å²) in [5.74, 6) is 0.686. The molecule has 0 amide bonds. The number of hydrogen-bond acceptors (Lipinski definition) is 4. The first-order valence-corrected chi connectivity index (χ1v) is 19.8. The van der Waals surface area contributed by atoms with Crippen LogP contribution in [0.4, 0.5) is 0 Å². The van der Waals surface area contributed by atoms with Crippen LogP contribution in [0.25, 0.3) is 76.5 Å². The Morgan fingerprint density at radius 3 is 0.797 bits per heavy atom. The first-order chi connectivity index (χ1) is 28.7. The Kier molecular flexibility index (Phi) is 9.46. The summed E-state index contributed by atoms with van der Waals surface area (Å²) >= 11 is 0. The number of rotatable bonds is 2. The Morgan fingerprint density at radius 2 is 0.508 bits per heavy atom. The minimum Gasteiger partial charge on any atom is -0.507 e. The first kappa shape index (κ1) is 37.0. The lowest BCUT2D eigenvalue weighted by molar-refractivity contribution is 0.470. The van der Waals surface area contributed by atoms with Gasteiger partial charge in [0.15, 0.2) is 0 Å². The standard InChI is InChI=1S/2C20H14O2.C15H14/c2*21-17-11-9-13-5-1-3-7-15(13)19(17)20-16-8-4-2-6-14(16)10-12-18(20)22;1-15(2)13-9-5-3-7-11(13)12-8-4-6-10-14(12)15/h2*1-12,21-22H;3-10H,1-2H3. The van der Waals surface area contributed by atoms with E-state index in [1.165, 1.54) is 22.3 Å². The zero-order valence-electron chi connectivity index (χ0n) is 32.8. The molecule has 0 atom stereocenters. The van der Waals surface area contributed by atoms with Crippen molar-refractivity contribution in [1.82, 2.24) is 0 Å². The molecule has 0 bridgehead atoms. The third-order valence-corrected chi connectivity index (χ3v) is 11.6. The second kappa shape index (κ2) is 15.1. The number of benzene rings is 10. The minimum absolute atomic E-state index is 0.160. The van der Waals surface area contributed by atoms with Crippen molar-refractivity contribution in [2.75, 3.05) is 0 Å². The maximum absolute atomic E-state index is 10.4. The molecule has 0 spiro atoms. The number of fused-ring (bicyclic) bond motifs is 7. The predicted molar refractivity (Wildman–Crippen MR) is 244 cm³/mol. The van der Waals surface area contributed by atoms with Crippen molar-refractivity contribution in [2.24, 2.45) is 0 Å². The van der Waals surface area contributed by atoms with Gasteiger partial charge in [0.1, 0.15) is 23.0 Å². The summed E-state index contributed by atoms with van der Waals surface area (Å²) in [6.07, 6.45) is 0. The molecule has 0 aromatic heterocycles. The molecule has 0 aliphatic heterocycles. The molecule has 0 saturated carbocycles. The lowest BCUT2D eigenvalue weighted by Gasteiger charge is -2.20. The molecule has 10 aromatic rings. The van der Waals surface area contributed by atoms with Gasteiger partial charge in [-0.3, -0.25) is 0 Å². The van der Waals surface area contributed by atoms with E-state index in [2.05, 4.69) is 62.4 Å². The van der Waals surface area contributed by atoms with Crippen LogP contribution < -0.4 is 0 Å². The quantitative estimate of drug-likeness (QED) is 0.141. The molecule has 0 heterocycles. The van der Waals surface area contributed by atoms with Crippen molar-refractivity contribution in [3.8, 4) is 56.4 Å². The van der Waals surface area contributed by atoms with Crippen LogP contribution in [0.5, 0.6) is 23.0 Å². The molecule has 4 N–H and O–H groups in total. The summed E-state index contributed by atoms with van der Waals surface area (Å²) in [6, 6.07) is 63.2. The van der Waals surface area contributed by atoms with Gasteiger partial charge in [-0.15, -0.1) is 0 Å². The number of phenols is 4. The second-order valence-electron chi connectivity index (χ2n) is 15.4. The lowest BCUT2D eigenvalue weighted by atomic mass is 9.82. The molecule has 4 heteroatoms. The van der Waals surface area contributed by atoms with Gasteiger partial charge in [-0.25, -0.2) is 0 Å². The van der Waals surface area contributed by atoms with Crippen molar-refractivity contribution in [1.29, 1.82) is 0 Å². The predicted octanol–water partition coefficient (Wildman–Crippen LogP) is 14.1. The van der Waals surface area contributed by atoms with Crippen LogP contribution in [0.1, 0.15) is 25.0 Å². The van der Waals surface area contributed by atoms with Gasteiger partial charge in [0.05, 0.1) is 0 Å². The Hall–Kier alpha value is -7.56. The average molecular weight is 767 g/mol. The number of phenolic OH excluding ortho intramolecular Hbond substituents is 4. The summed E-state index contributed by atoms with van der Waals surface area (Å²) in [6.45, 7) is 4.61. The maximum atomic E-state index is 10.4. The molecule has 0 saturated heterocycles. The van der Waals surface area contributed by atoms with Gasteiger partial charge in [0, 0.05) is 27.7 Å². The van der Waals surface area contributed by atoms with Gasteiger partial charge in [-0.1, -0.05) is 184 Å². The zero-order chi connectivity index (χ0) is 40.7. The molecule has 1 aliphatic carbocycles. The van der Waals surface area contributed by atoms with Gasteiger partial charge >= 0.3 is 0 Å². The summed E-state index contributed by atoms with van der Waals surface area (Å²) in [7, 11) is 0. The van der Waals surface area contributed by atoms with E-state index >= 15 is 0 Å². The van der Waals surface area contributed by atoms with Crippen LogP contribution in [-0.4, -0.2) is 20.4 Å². The van der Waals surface area contributed by atoms with E-state index in [-0.39, 0.29) is 28.4 Å². The first-order valence-electron chi connectivity index (χ1n) is 19.8. The third kappa shape index (κ3) is 6.55. The largest absolute Gasteiger partial charge is 0.507 e. The molecule has 4 nitrogen and oxygen atoms in total. The zero-order valence-corrected chi connectivity index (χ0v) is 32.8. The third-order valence-electron chi connectivity index (χ3n) is 11.6. The number of aromatic hydroxyl groups is 4. The SMILES string of the molecule is CC1(C)c2ccccc2-c2ccccc21.Oc1ccc2ccccc2c1-c1c(O)ccc2ccccc12.Oc1ccc2ccccc2c1-c1c(O)ccc2ccccc12. The van der Waals surface area contributed by atoms with Crippen LogP contribution >= 0.6 is 0 Å². The van der Waals surface area contributed by atoms with Crippen LogP contribution in [0, 0.1) is 0 Å². The monoisotopic (exact) mass is 766 g/mol. The molecule has 286 valence electrons. The van der Waals surface area contributed by atoms with Crippen LogP contribution in [0.3, 0.4) is 0 Å². The smallest absolute Gasteiger partial charge is 0.124 e. The van der Waals surface area contributed by atoms with Gasteiger partial charge in [-0.2, -0.15) is 0 Å². The van der Waals surface area contributed by atoms with Crippen molar-refractivity contribution in [2.45, 2.75) is 19.3 Å². The van der Waals surface area contributed by atoms with Crippen molar-refractivity contribution in [3.05, 3.63) is 205 Å². The fourth-order valence-electron chi connectivity index (χ4n) is 8.76. The fraction of sp³-hybridized carbons (Fsp3) is 0.0545. The Bertz CT molecular complexity index is 2820. The molecular weight excluding hydrogens is 725 g/mol. The van der Waals surface area contributed by atoms with E-state index < -0.39 is 0 Å². The van der Waals surface area contributed by atoms with Crippen molar-refractivity contribution in [3.63, 3.8) is 0 Å². The van der Waals surface area contributed by atoms with E-state index in [9.17, 15) is 20.4 Å². The highest BCUT2D eigenvalue weighted by Crippen LogP contribution is 2.49. The highest BCUT2D eigenvalue weighted by atomic mass is 16.3. The molecule has 0 radical (unpaired) electrons. The minimum atomic E-state index is 0.160. The highest BCUT2D eigenvalue weighted by molar-refractivity contribution is 6.11. The Labute approximate surface area is 343 Å². The fourth-order valence-corrected chi connectivity index (χ4v) is 8.76. The van der Waals surface area contributed by atoms with Crippen molar-refractivity contribution < 1.29 is 20.4 Å². The molecule has 59 heavy (non-hydrogen) atoms. The van der Waals surface area contributed by atoms with E-state index in [4.69, 9.17) is 0 Å². The summed E-state index contributed by atoms with van der Waals surface area (Å²) in [4.78, 5) is 0. The Balaban J connectivity index is 0.000000116. The van der Waals surface area contributed by atoms with Gasteiger partial charge in [0.2, 0.25) is 0 Å². The van der Waals surface area contributed by atoms with E-state index in [0.29, 0.717) is 22.3 Å². The molecular formula is C55H42O4. The maximum Gasteiger partial charge on any atom is 0.124 e. The van der Waals surface area contributed by atoms with Gasteiger partial charge in [0.25, 0.3) is 0 Å². The van der Waals surface area contributed by atoms with E-state index in [1.807, 2.05) is 121 Å². The second-order valence-corrected chi connectivity index (χ2v) is 15.4. The molecule has 11 rings (SSSR count). The van der Waals surface area contributed by atoms with Crippen LogP contribution in [0.2, 0.25) is 0 Å². The molecule has 10 aromatic carbocycles.